The number of aromatic nitrogens is 2. The number of hydrogen-bond donors (Lipinski definition) is 0. The van der Waals surface area contributed by atoms with E-state index in [0.29, 0.717) is 5.82 Å². The Balaban J connectivity index is 1.06. The maximum atomic E-state index is 5.35. The molecule has 0 N–H and O–H groups in total. The molecule has 57 heavy (non-hydrogen) atoms. The molecule has 2 nitrogen and oxygen atoms in total. The van der Waals surface area contributed by atoms with Crippen molar-refractivity contribution in [3.8, 4) is 67.3 Å². The lowest BCUT2D eigenvalue weighted by Crippen LogP contribution is -2.22. The van der Waals surface area contributed by atoms with Gasteiger partial charge >= 0.3 is 0 Å². The Hall–Kier alpha value is -6.94. The lowest BCUT2D eigenvalue weighted by molar-refractivity contribution is 0.714. The minimum atomic E-state index is -0.303. The van der Waals surface area contributed by atoms with Crippen molar-refractivity contribution < 1.29 is 0 Å². The first-order valence-electron chi connectivity index (χ1n) is 19.5. The van der Waals surface area contributed by atoms with Gasteiger partial charge in [-0.2, -0.15) is 0 Å². The van der Waals surface area contributed by atoms with Crippen LogP contribution < -0.4 is 0 Å². The molecule has 0 spiro atoms. The number of rotatable bonds is 6. The summed E-state index contributed by atoms with van der Waals surface area (Å²) in [6, 6.07) is 72.1. The van der Waals surface area contributed by atoms with Crippen LogP contribution in [0.5, 0.6) is 0 Å². The zero-order chi connectivity index (χ0) is 37.9. The molecule has 1 aliphatic carbocycles. The van der Waals surface area contributed by atoms with Crippen molar-refractivity contribution in [3.05, 3.63) is 217 Å². The Morgan fingerprint density at radius 3 is 1.74 bits per heavy atom. The Morgan fingerprint density at radius 1 is 0.404 bits per heavy atom. The van der Waals surface area contributed by atoms with E-state index < -0.39 is 0 Å². The number of thiophene rings is 1. The monoisotopic (exact) mass is 744 g/mol. The summed E-state index contributed by atoms with van der Waals surface area (Å²) in [5.41, 5.74) is 15.8. The molecule has 3 heteroatoms. The highest BCUT2D eigenvalue weighted by Crippen LogP contribution is 2.55. The van der Waals surface area contributed by atoms with Crippen molar-refractivity contribution >= 4 is 31.5 Å². The van der Waals surface area contributed by atoms with E-state index in [-0.39, 0.29) is 5.41 Å². The van der Waals surface area contributed by atoms with Crippen molar-refractivity contribution in [2.75, 3.05) is 0 Å². The molecular weight excluding hydrogens is 709 g/mol. The van der Waals surface area contributed by atoms with E-state index in [1.54, 1.807) is 0 Å². The van der Waals surface area contributed by atoms with Crippen molar-refractivity contribution in [2.45, 2.75) is 12.3 Å². The van der Waals surface area contributed by atoms with Gasteiger partial charge in [-0.3, -0.25) is 0 Å². The molecule has 1 unspecified atom stereocenters. The van der Waals surface area contributed by atoms with Gasteiger partial charge < -0.3 is 0 Å². The van der Waals surface area contributed by atoms with Crippen LogP contribution in [0.2, 0.25) is 0 Å². The maximum absolute atomic E-state index is 5.35. The maximum Gasteiger partial charge on any atom is 0.160 e. The zero-order valence-corrected chi connectivity index (χ0v) is 32.2. The molecule has 0 saturated carbocycles. The second kappa shape index (κ2) is 13.4. The average Bonchev–Trinajstić information content (AvgIpc) is 3.80. The highest BCUT2D eigenvalue weighted by Gasteiger charge is 2.41. The van der Waals surface area contributed by atoms with Crippen LogP contribution in [0.15, 0.2) is 200 Å². The number of nitrogens with zero attached hydrogens (tertiary/aromatic N) is 2. The van der Waals surface area contributed by atoms with E-state index in [9.17, 15) is 0 Å². The van der Waals surface area contributed by atoms with Crippen LogP contribution in [0, 0.1) is 0 Å². The van der Waals surface area contributed by atoms with E-state index in [4.69, 9.17) is 9.97 Å². The van der Waals surface area contributed by atoms with Crippen LogP contribution in [-0.4, -0.2) is 9.97 Å². The molecule has 0 bridgehead atoms. The van der Waals surface area contributed by atoms with Gasteiger partial charge in [0.2, 0.25) is 0 Å². The van der Waals surface area contributed by atoms with Gasteiger partial charge in [-0.1, -0.05) is 188 Å². The fourth-order valence-electron chi connectivity index (χ4n) is 9.04. The molecule has 2 heterocycles. The average molecular weight is 745 g/mol. The second-order valence-electron chi connectivity index (χ2n) is 15.0. The van der Waals surface area contributed by atoms with Crippen LogP contribution >= 0.6 is 11.3 Å². The highest BCUT2D eigenvalue weighted by molar-refractivity contribution is 7.26. The Morgan fingerprint density at radius 2 is 0.947 bits per heavy atom. The molecule has 2 aromatic heterocycles. The Bertz CT molecular complexity index is 3130. The van der Waals surface area contributed by atoms with Crippen molar-refractivity contribution in [2.24, 2.45) is 0 Å². The summed E-state index contributed by atoms with van der Waals surface area (Å²) in [6.45, 7) is 2.36. The molecule has 0 aliphatic heterocycles. The summed E-state index contributed by atoms with van der Waals surface area (Å²) >= 11 is 1.87. The van der Waals surface area contributed by atoms with Crippen LogP contribution in [0.25, 0.3) is 87.5 Å². The van der Waals surface area contributed by atoms with Crippen molar-refractivity contribution in [1.82, 2.24) is 9.97 Å². The topological polar surface area (TPSA) is 25.8 Å². The first kappa shape index (κ1) is 33.4. The fraction of sp³-hybridized carbons (Fsp3) is 0.0370. The number of hydrogen-bond acceptors (Lipinski definition) is 3. The third-order valence-electron chi connectivity index (χ3n) is 11.8. The van der Waals surface area contributed by atoms with Crippen LogP contribution in [0.4, 0.5) is 0 Å². The van der Waals surface area contributed by atoms with Gasteiger partial charge in [0.05, 0.1) is 11.4 Å². The zero-order valence-electron chi connectivity index (χ0n) is 31.4. The molecule has 0 radical (unpaired) electrons. The van der Waals surface area contributed by atoms with Crippen LogP contribution in [0.1, 0.15) is 23.6 Å². The SMILES string of the molecule is CC1(c2ccccc2)c2ccccc2-c2c(-c3cc(-c4ccccc4-c4ccc(-c5cccc6c5sc5ccccc56)cc4)nc(-c4ccccc4)n3)cccc21. The summed E-state index contributed by atoms with van der Waals surface area (Å²) in [4.78, 5) is 10.7. The molecule has 268 valence electrons. The molecule has 11 rings (SSSR count). The van der Waals surface area contributed by atoms with Gasteiger partial charge in [-0.15, -0.1) is 11.3 Å². The smallest absolute Gasteiger partial charge is 0.160 e. The second-order valence-corrected chi connectivity index (χ2v) is 16.0. The molecule has 8 aromatic carbocycles. The standard InChI is InChI=1S/C54H36N2S/c1-54(38-18-6-3-7-19-38)46-27-12-10-23-44(46)51-45(26-15-28-47(51)54)49-34-48(55-53(56-49)37-16-4-2-5-17-37)41-21-9-8-20-39(41)35-30-32-36(33-31-35)40-24-14-25-43-42-22-11-13-29-50(42)57-52(40)43/h2-34H,1H3. The van der Waals surface area contributed by atoms with Gasteiger partial charge in [-0.25, -0.2) is 9.97 Å². The van der Waals surface area contributed by atoms with Gasteiger partial charge in [0.25, 0.3) is 0 Å². The van der Waals surface area contributed by atoms with Crippen molar-refractivity contribution in [1.29, 1.82) is 0 Å². The molecule has 0 saturated heterocycles. The molecular formula is C54H36N2S. The normalized spacial score (nSPS) is 14.5. The minimum absolute atomic E-state index is 0.303. The van der Waals surface area contributed by atoms with E-state index in [1.165, 1.54) is 59.1 Å². The molecule has 1 aliphatic rings. The third kappa shape index (κ3) is 5.38. The van der Waals surface area contributed by atoms with Gasteiger partial charge in [-0.05, 0) is 69.1 Å². The number of benzene rings is 8. The largest absolute Gasteiger partial charge is 0.228 e. The van der Waals surface area contributed by atoms with E-state index in [0.717, 1.165) is 39.2 Å². The summed E-state index contributed by atoms with van der Waals surface area (Å²) in [6.07, 6.45) is 0. The number of fused-ring (bicyclic) bond motifs is 6. The summed E-state index contributed by atoms with van der Waals surface area (Å²) < 4.78 is 2.65. The molecule has 0 amide bonds. The molecule has 10 aromatic rings. The quantitative estimate of drug-likeness (QED) is 0.169. The first-order valence-corrected chi connectivity index (χ1v) is 20.3. The summed E-state index contributed by atoms with van der Waals surface area (Å²) in [5.74, 6) is 0.708. The van der Waals surface area contributed by atoms with Crippen molar-refractivity contribution in [3.63, 3.8) is 0 Å². The minimum Gasteiger partial charge on any atom is -0.228 e. The van der Waals surface area contributed by atoms with Gasteiger partial charge in [0.15, 0.2) is 5.82 Å². The Kier molecular flexibility index (Phi) is 7.84. The highest BCUT2D eigenvalue weighted by atomic mass is 32.1. The summed E-state index contributed by atoms with van der Waals surface area (Å²) in [7, 11) is 0. The van der Waals surface area contributed by atoms with E-state index in [2.05, 4.69) is 201 Å². The summed E-state index contributed by atoms with van der Waals surface area (Å²) in [5, 5.41) is 2.63. The molecule has 1 atom stereocenters. The predicted octanol–water partition coefficient (Wildman–Crippen LogP) is 14.5. The van der Waals surface area contributed by atoms with Crippen LogP contribution in [-0.2, 0) is 5.41 Å². The van der Waals surface area contributed by atoms with Gasteiger partial charge in [0.1, 0.15) is 0 Å². The lowest BCUT2D eigenvalue weighted by Gasteiger charge is -2.28. The molecule has 0 fully saturated rings. The predicted molar refractivity (Wildman–Crippen MR) is 240 cm³/mol. The third-order valence-corrected chi connectivity index (χ3v) is 13.1. The van der Waals surface area contributed by atoms with E-state index >= 15 is 0 Å². The fourth-order valence-corrected chi connectivity index (χ4v) is 10.3. The van der Waals surface area contributed by atoms with Crippen LogP contribution in [0.3, 0.4) is 0 Å². The Labute approximate surface area is 336 Å². The first-order chi connectivity index (χ1) is 28.1. The van der Waals surface area contributed by atoms with Gasteiger partial charge in [0, 0.05) is 42.3 Å². The van der Waals surface area contributed by atoms with E-state index in [1.807, 2.05) is 17.4 Å². The lowest BCUT2D eigenvalue weighted by atomic mass is 9.74.